The van der Waals surface area contributed by atoms with E-state index in [4.69, 9.17) is 0 Å². The van der Waals surface area contributed by atoms with Crippen molar-refractivity contribution in [1.29, 1.82) is 0 Å². The predicted molar refractivity (Wildman–Crippen MR) is 130 cm³/mol. The van der Waals surface area contributed by atoms with Crippen LogP contribution >= 0.6 is 24.0 Å². The van der Waals surface area contributed by atoms with Crippen molar-refractivity contribution in [3.05, 3.63) is 66.0 Å². The van der Waals surface area contributed by atoms with Gasteiger partial charge in [-0.15, -0.1) is 24.0 Å². The largest absolute Gasteiger partial charge is 0.368 e. The van der Waals surface area contributed by atoms with Crippen LogP contribution in [-0.2, 0) is 0 Å². The molecule has 1 fully saturated rings. The quantitative estimate of drug-likeness (QED) is 0.264. The summed E-state index contributed by atoms with van der Waals surface area (Å²) < 4.78 is 13.1. The summed E-state index contributed by atoms with van der Waals surface area (Å²) in [5, 5.41) is 6.30. The highest BCUT2D eigenvalue weighted by molar-refractivity contribution is 14.0. The van der Waals surface area contributed by atoms with Gasteiger partial charge in [-0.3, -0.25) is 9.79 Å². The lowest BCUT2D eigenvalue weighted by Gasteiger charge is -2.37. The SMILES string of the molecule is CN=C(NCCCNC(=O)c1ccccc1)N1CCN(c2ccc(F)cc2)CC1.I. The fraction of sp³-hybridized carbons (Fsp3) is 0.364. The molecular weight excluding hydrogens is 496 g/mol. The molecule has 0 unspecified atom stereocenters. The van der Waals surface area contributed by atoms with Crippen molar-refractivity contribution in [1.82, 2.24) is 15.5 Å². The van der Waals surface area contributed by atoms with E-state index in [1.165, 1.54) is 12.1 Å². The Morgan fingerprint density at radius 3 is 2.23 bits per heavy atom. The first kappa shape index (κ1) is 23.9. The lowest BCUT2D eigenvalue weighted by atomic mass is 10.2. The molecule has 1 saturated heterocycles. The molecule has 3 rings (SSSR count). The molecule has 2 aromatic rings. The molecule has 30 heavy (non-hydrogen) atoms. The van der Waals surface area contributed by atoms with Crippen LogP contribution < -0.4 is 15.5 Å². The molecule has 0 radical (unpaired) electrons. The number of piperazine rings is 1. The molecule has 1 aliphatic rings. The maximum Gasteiger partial charge on any atom is 0.251 e. The van der Waals surface area contributed by atoms with Crippen LogP contribution in [0.15, 0.2) is 59.6 Å². The van der Waals surface area contributed by atoms with E-state index in [2.05, 4.69) is 25.4 Å². The molecular formula is C22H29FIN5O. The Bertz CT molecular complexity index is 808. The lowest BCUT2D eigenvalue weighted by Crippen LogP contribution is -2.52. The number of amides is 1. The van der Waals surface area contributed by atoms with Crippen molar-refractivity contribution >= 4 is 41.5 Å². The minimum atomic E-state index is -0.211. The number of nitrogens with one attached hydrogen (secondary N) is 2. The summed E-state index contributed by atoms with van der Waals surface area (Å²) in [7, 11) is 1.78. The molecule has 0 aromatic heterocycles. The number of aliphatic imine (C=N–C) groups is 1. The topological polar surface area (TPSA) is 60.0 Å². The van der Waals surface area contributed by atoms with Crippen LogP contribution in [-0.4, -0.2) is 63.1 Å². The number of benzene rings is 2. The highest BCUT2D eigenvalue weighted by Crippen LogP contribution is 2.16. The van der Waals surface area contributed by atoms with Gasteiger partial charge >= 0.3 is 0 Å². The number of carbonyl (C=O) groups is 1. The van der Waals surface area contributed by atoms with Crippen molar-refractivity contribution in [3.63, 3.8) is 0 Å². The first-order chi connectivity index (χ1) is 14.2. The van der Waals surface area contributed by atoms with Gasteiger partial charge in [0.05, 0.1) is 0 Å². The summed E-state index contributed by atoms with van der Waals surface area (Å²) in [5.41, 5.74) is 1.72. The zero-order valence-electron chi connectivity index (χ0n) is 17.2. The number of rotatable bonds is 6. The van der Waals surface area contributed by atoms with Gasteiger partial charge in [0.2, 0.25) is 0 Å². The van der Waals surface area contributed by atoms with Crippen LogP contribution in [0.4, 0.5) is 10.1 Å². The Kier molecular flexibility index (Phi) is 9.85. The lowest BCUT2D eigenvalue weighted by molar-refractivity contribution is 0.0953. The molecule has 1 aliphatic heterocycles. The summed E-state index contributed by atoms with van der Waals surface area (Å²) in [6.45, 7) is 4.76. The van der Waals surface area contributed by atoms with Crippen molar-refractivity contribution in [2.24, 2.45) is 4.99 Å². The van der Waals surface area contributed by atoms with Crippen molar-refractivity contribution in [2.45, 2.75) is 6.42 Å². The van der Waals surface area contributed by atoms with Crippen molar-refractivity contribution in [2.75, 3.05) is 51.2 Å². The normalized spacial score (nSPS) is 14.1. The van der Waals surface area contributed by atoms with Gasteiger partial charge in [-0.1, -0.05) is 18.2 Å². The Hall–Kier alpha value is -2.36. The summed E-state index contributed by atoms with van der Waals surface area (Å²) in [5.74, 6) is 0.613. The predicted octanol–water partition coefficient (Wildman–Crippen LogP) is 2.96. The number of hydrogen-bond donors (Lipinski definition) is 2. The van der Waals surface area contributed by atoms with E-state index in [9.17, 15) is 9.18 Å². The maximum atomic E-state index is 13.1. The molecule has 6 nitrogen and oxygen atoms in total. The van der Waals surface area contributed by atoms with Crippen LogP contribution in [0.1, 0.15) is 16.8 Å². The fourth-order valence-corrected chi connectivity index (χ4v) is 3.34. The standard InChI is InChI=1S/C22H28FN5O.HI/c1-24-22(26-13-5-12-25-21(29)18-6-3-2-4-7-18)28-16-14-27(15-17-28)20-10-8-19(23)9-11-20;/h2-4,6-11H,5,12-17H2,1H3,(H,24,26)(H,25,29);1H. The molecule has 1 heterocycles. The van der Waals surface area contributed by atoms with E-state index in [0.717, 1.165) is 50.8 Å². The van der Waals surface area contributed by atoms with Gasteiger partial charge in [-0.2, -0.15) is 0 Å². The third kappa shape index (κ3) is 6.86. The number of carbonyl (C=O) groups excluding carboxylic acids is 1. The molecule has 0 saturated carbocycles. The number of guanidine groups is 1. The monoisotopic (exact) mass is 525 g/mol. The van der Waals surface area contributed by atoms with Gasteiger partial charge in [0, 0.05) is 57.6 Å². The molecule has 0 atom stereocenters. The summed E-state index contributed by atoms with van der Waals surface area (Å²) in [6, 6.07) is 15.9. The van der Waals surface area contributed by atoms with E-state index in [-0.39, 0.29) is 35.7 Å². The summed E-state index contributed by atoms with van der Waals surface area (Å²) in [4.78, 5) is 20.9. The van der Waals surface area contributed by atoms with Gasteiger partial charge < -0.3 is 20.4 Å². The molecule has 2 aromatic carbocycles. The third-order valence-electron chi connectivity index (χ3n) is 4.94. The Balaban J connectivity index is 0.00000320. The minimum Gasteiger partial charge on any atom is -0.368 e. The molecule has 2 N–H and O–H groups in total. The van der Waals surface area contributed by atoms with E-state index in [1.54, 1.807) is 19.2 Å². The Morgan fingerprint density at radius 1 is 0.967 bits per heavy atom. The van der Waals surface area contributed by atoms with Crippen LogP contribution in [0.2, 0.25) is 0 Å². The number of hydrogen-bond acceptors (Lipinski definition) is 3. The van der Waals surface area contributed by atoms with E-state index in [0.29, 0.717) is 12.1 Å². The van der Waals surface area contributed by atoms with E-state index >= 15 is 0 Å². The number of anilines is 1. The molecule has 1 amide bonds. The third-order valence-corrected chi connectivity index (χ3v) is 4.94. The van der Waals surface area contributed by atoms with Crippen LogP contribution in [0.25, 0.3) is 0 Å². The maximum absolute atomic E-state index is 13.1. The zero-order chi connectivity index (χ0) is 20.5. The van der Waals surface area contributed by atoms with Gasteiger partial charge in [0.15, 0.2) is 5.96 Å². The Labute approximate surface area is 194 Å². The highest BCUT2D eigenvalue weighted by atomic mass is 127. The van der Waals surface area contributed by atoms with E-state index in [1.807, 2.05) is 30.3 Å². The first-order valence-corrected chi connectivity index (χ1v) is 9.97. The second-order valence-corrected chi connectivity index (χ2v) is 6.90. The Morgan fingerprint density at radius 2 is 1.60 bits per heavy atom. The van der Waals surface area contributed by atoms with Crippen LogP contribution in [0.3, 0.4) is 0 Å². The number of halogens is 2. The molecule has 0 aliphatic carbocycles. The second-order valence-electron chi connectivity index (χ2n) is 6.90. The van der Waals surface area contributed by atoms with Crippen LogP contribution in [0, 0.1) is 5.82 Å². The average Bonchev–Trinajstić information content (AvgIpc) is 2.77. The highest BCUT2D eigenvalue weighted by Gasteiger charge is 2.19. The number of nitrogens with zero attached hydrogens (tertiary/aromatic N) is 3. The molecule has 8 heteroatoms. The summed E-state index contributed by atoms with van der Waals surface area (Å²) in [6.07, 6.45) is 0.813. The fourth-order valence-electron chi connectivity index (χ4n) is 3.34. The zero-order valence-corrected chi connectivity index (χ0v) is 19.5. The minimum absolute atomic E-state index is 0. The average molecular weight is 525 g/mol. The van der Waals surface area contributed by atoms with Gasteiger partial charge in [0.1, 0.15) is 5.82 Å². The van der Waals surface area contributed by atoms with Crippen LogP contribution in [0.5, 0.6) is 0 Å². The van der Waals surface area contributed by atoms with Crippen molar-refractivity contribution in [3.8, 4) is 0 Å². The molecule has 162 valence electrons. The van der Waals surface area contributed by atoms with Gasteiger partial charge in [0.25, 0.3) is 5.91 Å². The first-order valence-electron chi connectivity index (χ1n) is 9.97. The smallest absolute Gasteiger partial charge is 0.251 e. The van der Waals surface area contributed by atoms with Crippen molar-refractivity contribution < 1.29 is 9.18 Å². The summed E-state index contributed by atoms with van der Waals surface area (Å²) >= 11 is 0. The van der Waals surface area contributed by atoms with E-state index < -0.39 is 0 Å². The van der Waals surface area contributed by atoms with Gasteiger partial charge in [-0.05, 0) is 42.8 Å². The second kappa shape index (κ2) is 12.4. The van der Waals surface area contributed by atoms with Gasteiger partial charge in [-0.25, -0.2) is 4.39 Å². The molecule has 0 spiro atoms. The molecule has 0 bridgehead atoms.